The van der Waals surface area contributed by atoms with Gasteiger partial charge in [0, 0.05) is 22.3 Å². The fourth-order valence-electron chi connectivity index (χ4n) is 2.83. The molecule has 0 saturated heterocycles. The van der Waals surface area contributed by atoms with Crippen LogP contribution < -0.4 is 10.1 Å². The van der Waals surface area contributed by atoms with Crippen LogP contribution in [0.5, 0.6) is 5.75 Å². The van der Waals surface area contributed by atoms with Crippen LogP contribution in [0.3, 0.4) is 0 Å². The summed E-state index contributed by atoms with van der Waals surface area (Å²) >= 11 is 5.95. The Labute approximate surface area is 179 Å². The van der Waals surface area contributed by atoms with Crippen LogP contribution in [0.4, 0.5) is 11.6 Å². The summed E-state index contributed by atoms with van der Waals surface area (Å²) in [7, 11) is -2.37. The lowest BCUT2D eigenvalue weighted by Gasteiger charge is -2.07. The van der Waals surface area contributed by atoms with Gasteiger partial charge in [-0.05, 0) is 48.5 Å². The molecule has 0 saturated carbocycles. The molecular weight excluding hydrogens is 424 g/mol. The van der Waals surface area contributed by atoms with Crippen LogP contribution in [-0.4, -0.2) is 20.5 Å². The summed E-state index contributed by atoms with van der Waals surface area (Å²) in [6.45, 7) is 0. The normalized spacial score (nSPS) is 11.3. The minimum atomic E-state index is -3.93. The van der Waals surface area contributed by atoms with Gasteiger partial charge >= 0.3 is 0 Å². The third kappa shape index (κ3) is 4.03. The fourth-order valence-corrected chi connectivity index (χ4v) is 4.23. The number of nitrogens with zero attached hydrogens (tertiary/aromatic N) is 1. The van der Waals surface area contributed by atoms with Gasteiger partial charge in [-0.1, -0.05) is 35.9 Å². The van der Waals surface area contributed by atoms with Crippen molar-refractivity contribution in [3.05, 3.63) is 83.9 Å². The molecule has 0 spiro atoms. The number of aromatic nitrogens is 1. The van der Waals surface area contributed by atoms with Gasteiger partial charge in [0.05, 0.1) is 12.0 Å². The Hall–Kier alpha value is -3.29. The third-order valence-electron chi connectivity index (χ3n) is 4.32. The summed E-state index contributed by atoms with van der Waals surface area (Å²) in [6, 6.07) is 21.9. The van der Waals surface area contributed by atoms with Gasteiger partial charge in [0.2, 0.25) is 26.6 Å². The zero-order valence-corrected chi connectivity index (χ0v) is 17.4. The van der Waals surface area contributed by atoms with Crippen LogP contribution in [0.1, 0.15) is 0 Å². The lowest BCUT2D eigenvalue weighted by Crippen LogP contribution is -2.05. The van der Waals surface area contributed by atoms with E-state index in [2.05, 4.69) is 10.3 Å². The van der Waals surface area contributed by atoms with Gasteiger partial charge in [-0.15, -0.1) is 0 Å². The van der Waals surface area contributed by atoms with Gasteiger partial charge in [0.1, 0.15) is 5.75 Å². The highest BCUT2D eigenvalue weighted by Gasteiger charge is 2.28. The Kier molecular flexibility index (Phi) is 5.48. The molecule has 152 valence electrons. The molecule has 0 aliphatic heterocycles. The van der Waals surface area contributed by atoms with Crippen molar-refractivity contribution in [3.8, 4) is 17.2 Å². The number of anilines is 2. The Morgan fingerprint density at radius 1 is 0.967 bits per heavy atom. The minimum Gasteiger partial charge on any atom is -0.497 e. The molecule has 0 atom stereocenters. The Balaban J connectivity index is 1.83. The third-order valence-corrected chi connectivity index (χ3v) is 6.25. The van der Waals surface area contributed by atoms with Crippen LogP contribution in [0.2, 0.25) is 5.02 Å². The van der Waals surface area contributed by atoms with Crippen molar-refractivity contribution in [2.24, 2.45) is 0 Å². The quantitative estimate of drug-likeness (QED) is 0.421. The molecule has 0 amide bonds. The van der Waals surface area contributed by atoms with E-state index in [1.165, 1.54) is 12.1 Å². The molecule has 1 aromatic heterocycles. The monoisotopic (exact) mass is 440 g/mol. The number of benzene rings is 3. The number of hydrogen-bond donors (Lipinski definition) is 1. The van der Waals surface area contributed by atoms with Crippen molar-refractivity contribution in [3.63, 3.8) is 0 Å². The Morgan fingerprint density at radius 3 is 2.40 bits per heavy atom. The van der Waals surface area contributed by atoms with E-state index in [-0.39, 0.29) is 21.7 Å². The maximum Gasteiger partial charge on any atom is 0.238 e. The molecule has 4 rings (SSSR count). The molecule has 1 N–H and O–H groups in total. The first-order valence-electron chi connectivity index (χ1n) is 8.95. The van der Waals surface area contributed by atoms with Crippen LogP contribution in [0.25, 0.3) is 11.5 Å². The lowest BCUT2D eigenvalue weighted by molar-refractivity contribution is 0.415. The van der Waals surface area contributed by atoms with Gasteiger partial charge in [-0.3, -0.25) is 0 Å². The molecule has 1 heterocycles. The van der Waals surface area contributed by atoms with Crippen LogP contribution in [0.15, 0.2) is 93.2 Å². The maximum atomic E-state index is 13.3. The lowest BCUT2D eigenvalue weighted by atomic mass is 10.2. The van der Waals surface area contributed by atoms with Gasteiger partial charge in [0.15, 0.2) is 0 Å². The first-order chi connectivity index (χ1) is 14.5. The Morgan fingerprint density at radius 2 is 1.70 bits per heavy atom. The molecule has 0 bridgehead atoms. The van der Waals surface area contributed by atoms with Crippen molar-refractivity contribution in [1.29, 1.82) is 0 Å². The molecule has 0 aliphatic carbocycles. The average Bonchev–Trinajstić information content (AvgIpc) is 3.19. The Bertz CT molecular complexity index is 1270. The number of ether oxygens (including phenoxy) is 1. The molecule has 0 radical (unpaired) electrons. The molecular formula is C22H17ClN2O4S. The summed E-state index contributed by atoms with van der Waals surface area (Å²) in [4.78, 5) is 4.43. The highest BCUT2D eigenvalue weighted by atomic mass is 35.5. The van der Waals surface area contributed by atoms with Crippen molar-refractivity contribution < 1.29 is 17.6 Å². The van der Waals surface area contributed by atoms with Gasteiger partial charge < -0.3 is 14.5 Å². The fraction of sp³-hybridized carbons (Fsp3) is 0.0455. The van der Waals surface area contributed by atoms with Crippen LogP contribution >= 0.6 is 11.6 Å². The van der Waals surface area contributed by atoms with Crippen molar-refractivity contribution in [1.82, 2.24) is 4.98 Å². The first kappa shape index (κ1) is 20.0. The highest BCUT2D eigenvalue weighted by Crippen LogP contribution is 2.34. The summed E-state index contributed by atoms with van der Waals surface area (Å²) < 4.78 is 37.6. The molecule has 0 aliphatic rings. The predicted molar refractivity (Wildman–Crippen MR) is 115 cm³/mol. The highest BCUT2D eigenvalue weighted by molar-refractivity contribution is 7.91. The zero-order valence-electron chi connectivity index (χ0n) is 15.9. The second-order valence-electron chi connectivity index (χ2n) is 6.33. The van der Waals surface area contributed by atoms with E-state index in [0.717, 1.165) is 0 Å². The van der Waals surface area contributed by atoms with Gasteiger partial charge in [0.25, 0.3) is 0 Å². The largest absolute Gasteiger partial charge is 0.497 e. The summed E-state index contributed by atoms with van der Waals surface area (Å²) in [5.74, 6) is 0.786. The van der Waals surface area contributed by atoms with E-state index in [0.29, 0.717) is 22.0 Å². The summed E-state index contributed by atoms with van der Waals surface area (Å²) in [5, 5.41) is 3.36. The van der Waals surface area contributed by atoms with Gasteiger partial charge in [-0.2, -0.15) is 4.98 Å². The molecule has 4 aromatic rings. The number of halogens is 1. The number of hydrogen-bond acceptors (Lipinski definition) is 6. The summed E-state index contributed by atoms with van der Waals surface area (Å²) in [5.41, 5.74) is 1.19. The summed E-state index contributed by atoms with van der Waals surface area (Å²) in [6.07, 6.45) is 0. The van der Waals surface area contributed by atoms with E-state index in [9.17, 15) is 8.42 Å². The first-order valence-corrected chi connectivity index (χ1v) is 10.8. The number of oxazole rings is 1. The standard InChI is InChI=1S/C22H17ClN2O4S/c1-28-18-7-5-6-17(14-18)24-21-22(30(26,27)19-8-3-2-4-9-19)25-20(29-21)15-10-12-16(23)13-11-15/h2-14,24H,1H3. The van der Waals surface area contributed by atoms with E-state index in [4.69, 9.17) is 20.8 Å². The number of methoxy groups -OCH3 is 1. The SMILES string of the molecule is COc1cccc(Nc2oc(-c3ccc(Cl)cc3)nc2S(=O)(=O)c2ccccc2)c1. The average molecular weight is 441 g/mol. The zero-order chi connectivity index (χ0) is 21.1. The van der Waals surface area contributed by atoms with E-state index < -0.39 is 9.84 Å². The van der Waals surface area contributed by atoms with Crippen molar-refractivity contribution in [2.75, 3.05) is 12.4 Å². The molecule has 6 nitrogen and oxygen atoms in total. The van der Waals surface area contributed by atoms with Crippen molar-refractivity contribution >= 4 is 33.0 Å². The molecule has 30 heavy (non-hydrogen) atoms. The molecule has 8 heteroatoms. The number of sulfone groups is 1. The minimum absolute atomic E-state index is 0.0112. The van der Waals surface area contributed by atoms with E-state index in [1.54, 1.807) is 73.8 Å². The van der Waals surface area contributed by atoms with E-state index in [1.807, 2.05) is 0 Å². The number of nitrogens with one attached hydrogen (secondary N) is 1. The maximum absolute atomic E-state index is 13.3. The van der Waals surface area contributed by atoms with Crippen LogP contribution in [-0.2, 0) is 9.84 Å². The molecule has 0 fully saturated rings. The van der Waals surface area contributed by atoms with Gasteiger partial charge in [-0.25, -0.2) is 8.42 Å². The number of rotatable bonds is 6. The second kappa shape index (κ2) is 8.22. The van der Waals surface area contributed by atoms with Crippen molar-refractivity contribution in [2.45, 2.75) is 9.92 Å². The topological polar surface area (TPSA) is 81.4 Å². The second-order valence-corrected chi connectivity index (χ2v) is 8.64. The molecule has 0 unspecified atom stereocenters. The molecule has 3 aromatic carbocycles. The van der Waals surface area contributed by atoms with E-state index >= 15 is 0 Å². The smallest absolute Gasteiger partial charge is 0.238 e. The predicted octanol–water partition coefficient (Wildman–Crippen LogP) is 5.58. The van der Waals surface area contributed by atoms with Crippen LogP contribution in [0, 0.1) is 0 Å².